The maximum Gasteiger partial charge on any atom is 0.253 e. The Bertz CT molecular complexity index is 1640. The van der Waals surface area contributed by atoms with Crippen LogP contribution in [0.5, 0.6) is 0 Å². The molecule has 4 aromatic carbocycles. The van der Waals surface area contributed by atoms with E-state index in [1.54, 1.807) is 29.2 Å². The highest BCUT2D eigenvalue weighted by Crippen LogP contribution is 2.55. The van der Waals surface area contributed by atoms with E-state index in [0.717, 1.165) is 22.4 Å². The Morgan fingerprint density at radius 3 is 2.15 bits per heavy atom. The van der Waals surface area contributed by atoms with Crippen molar-refractivity contribution in [1.29, 1.82) is 0 Å². The van der Waals surface area contributed by atoms with E-state index < -0.39 is 23.4 Å². The molecule has 0 aromatic heterocycles. The molecule has 2 fully saturated rings. The fraction of sp³-hybridized carbons (Fsp3) is 0.182. The highest BCUT2D eigenvalue weighted by atomic mass is 35.5. The van der Waals surface area contributed by atoms with Gasteiger partial charge in [0.1, 0.15) is 5.54 Å². The molecule has 0 saturated carbocycles. The molecule has 7 rings (SSSR count). The van der Waals surface area contributed by atoms with Crippen molar-refractivity contribution in [3.8, 4) is 0 Å². The molecule has 6 nitrogen and oxygen atoms in total. The summed E-state index contributed by atoms with van der Waals surface area (Å²) in [6.45, 7) is 0.362. The van der Waals surface area contributed by atoms with E-state index in [-0.39, 0.29) is 17.7 Å². The minimum absolute atomic E-state index is 0.211. The normalized spacial score (nSPS) is 25.1. The fourth-order valence-corrected chi connectivity index (χ4v) is 6.97. The van der Waals surface area contributed by atoms with Gasteiger partial charge in [0, 0.05) is 22.3 Å². The summed E-state index contributed by atoms with van der Waals surface area (Å²) in [6.07, 6.45) is 0.500. The first-order valence-electron chi connectivity index (χ1n) is 13.4. The minimum atomic E-state index is -1.37. The highest BCUT2D eigenvalue weighted by molar-refractivity contribution is 6.31. The largest absolute Gasteiger partial charge is 0.306 e. The topological polar surface area (TPSA) is 69.7 Å². The number of carbonyl (C=O) groups is 3. The predicted octanol–water partition coefficient (Wildman–Crippen LogP) is 5.10. The Balaban J connectivity index is 1.37. The van der Waals surface area contributed by atoms with E-state index in [1.165, 1.54) is 4.90 Å². The van der Waals surface area contributed by atoms with Gasteiger partial charge in [-0.15, -0.1) is 0 Å². The van der Waals surface area contributed by atoms with Crippen LogP contribution in [0.15, 0.2) is 109 Å². The van der Waals surface area contributed by atoms with Gasteiger partial charge in [-0.3, -0.25) is 19.7 Å². The summed E-state index contributed by atoms with van der Waals surface area (Å²) >= 11 is 6.26. The van der Waals surface area contributed by atoms with E-state index in [4.69, 9.17) is 11.6 Å². The molecule has 198 valence electrons. The van der Waals surface area contributed by atoms with Crippen LogP contribution in [0.1, 0.15) is 16.7 Å². The third-order valence-electron chi connectivity index (χ3n) is 8.41. The quantitative estimate of drug-likeness (QED) is 0.353. The van der Waals surface area contributed by atoms with E-state index in [0.29, 0.717) is 23.7 Å². The molecule has 3 heterocycles. The van der Waals surface area contributed by atoms with Crippen molar-refractivity contribution < 1.29 is 14.4 Å². The lowest BCUT2D eigenvalue weighted by molar-refractivity contribution is -0.132. The Kier molecular flexibility index (Phi) is 5.84. The second-order valence-electron chi connectivity index (χ2n) is 10.6. The van der Waals surface area contributed by atoms with Crippen molar-refractivity contribution in [2.24, 2.45) is 11.8 Å². The standard InChI is InChI=1S/C33H26ClN3O3/c34-23-14-9-15-24(19-23)37-30(38)28-26(18-21-10-3-1-4-11-21)35-33(29(28)31(37)39)25-16-7-8-17-27(25)36(32(33)40)20-22-12-5-2-6-13-22/h1-17,19,26,28-29,35H,18,20H2/t26-,28+,29+,33+/m1/s1. The molecule has 1 spiro atoms. The molecule has 0 aliphatic carbocycles. The summed E-state index contributed by atoms with van der Waals surface area (Å²) in [5, 5.41) is 4.03. The Morgan fingerprint density at radius 1 is 0.750 bits per heavy atom. The summed E-state index contributed by atoms with van der Waals surface area (Å²) in [7, 11) is 0. The van der Waals surface area contributed by atoms with Gasteiger partial charge in [-0.25, -0.2) is 4.90 Å². The highest BCUT2D eigenvalue weighted by Gasteiger charge is 2.71. The molecule has 3 aliphatic rings. The molecule has 0 radical (unpaired) electrons. The van der Waals surface area contributed by atoms with Gasteiger partial charge in [0.25, 0.3) is 5.91 Å². The number of anilines is 2. The van der Waals surface area contributed by atoms with Crippen LogP contribution in [0, 0.1) is 11.8 Å². The Hall–Kier alpha value is -4.26. The number of imide groups is 1. The van der Waals surface area contributed by atoms with Crippen LogP contribution in [0.4, 0.5) is 11.4 Å². The maximum atomic E-state index is 14.6. The molecule has 3 aliphatic heterocycles. The number of carbonyl (C=O) groups excluding carboxylic acids is 3. The number of fused-ring (bicyclic) bond motifs is 4. The summed E-state index contributed by atoms with van der Waals surface area (Å²) in [5.41, 5.74) is 2.55. The van der Waals surface area contributed by atoms with Crippen molar-refractivity contribution in [3.63, 3.8) is 0 Å². The number of amides is 3. The van der Waals surface area contributed by atoms with E-state index >= 15 is 0 Å². The average Bonchev–Trinajstić information content (AvgIpc) is 3.53. The first-order chi connectivity index (χ1) is 19.5. The van der Waals surface area contributed by atoms with Crippen LogP contribution < -0.4 is 15.1 Å². The average molecular weight is 548 g/mol. The summed E-state index contributed by atoms with van der Waals surface area (Å²) in [4.78, 5) is 46.1. The Morgan fingerprint density at radius 2 is 1.43 bits per heavy atom. The Labute approximate surface area is 237 Å². The van der Waals surface area contributed by atoms with Gasteiger partial charge in [0.2, 0.25) is 11.8 Å². The fourth-order valence-electron chi connectivity index (χ4n) is 6.78. The second kappa shape index (κ2) is 9.44. The zero-order valence-electron chi connectivity index (χ0n) is 21.5. The summed E-state index contributed by atoms with van der Waals surface area (Å²) in [5.74, 6) is -2.53. The van der Waals surface area contributed by atoms with Crippen molar-refractivity contribution in [3.05, 3.63) is 131 Å². The van der Waals surface area contributed by atoms with Crippen LogP contribution in [0.2, 0.25) is 5.02 Å². The van der Waals surface area contributed by atoms with E-state index in [2.05, 4.69) is 5.32 Å². The minimum Gasteiger partial charge on any atom is -0.306 e. The van der Waals surface area contributed by atoms with Gasteiger partial charge in [-0.05, 0) is 41.8 Å². The second-order valence-corrected chi connectivity index (χ2v) is 11.1. The first kappa shape index (κ1) is 24.8. The van der Waals surface area contributed by atoms with Gasteiger partial charge in [-0.2, -0.15) is 0 Å². The molecule has 4 atom stereocenters. The van der Waals surface area contributed by atoms with Gasteiger partial charge in [0.05, 0.1) is 24.1 Å². The molecular formula is C33H26ClN3O3. The van der Waals surface area contributed by atoms with Gasteiger partial charge in [-0.1, -0.05) is 96.5 Å². The molecule has 1 N–H and O–H groups in total. The zero-order valence-corrected chi connectivity index (χ0v) is 22.3. The van der Waals surface area contributed by atoms with E-state index in [1.807, 2.05) is 84.9 Å². The summed E-state index contributed by atoms with van der Waals surface area (Å²) < 4.78 is 0. The lowest BCUT2D eigenvalue weighted by Gasteiger charge is -2.31. The van der Waals surface area contributed by atoms with Crippen LogP contribution in [-0.2, 0) is 32.9 Å². The lowest BCUT2D eigenvalue weighted by Crippen LogP contribution is -2.55. The zero-order chi connectivity index (χ0) is 27.4. The van der Waals surface area contributed by atoms with Crippen LogP contribution in [0.3, 0.4) is 0 Å². The molecule has 7 heteroatoms. The molecular weight excluding hydrogens is 522 g/mol. The third-order valence-corrected chi connectivity index (χ3v) is 8.65. The molecule has 3 amide bonds. The van der Waals surface area contributed by atoms with Gasteiger partial charge < -0.3 is 4.90 Å². The number of para-hydroxylation sites is 1. The molecule has 2 saturated heterocycles. The monoisotopic (exact) mass is 547 g/mol. The van der Waals surface area contributed by atoms with Crippen molar-refractivity contribution in [2.45, 2.75) is 24.5 Å². The number of rotatable bonds is 5. The smallest absolute Gasteiger partial charge is 0.253 e. The number of nitrogens with one attached hydrogen (secondary N) is 1. The third kappa shape index (κ3) is 3.64. The van der Waals surface area contributed by atoms with Crippen molar-refractivity contribution in [2.75, 3.05) is 9.80 Å². The molecule has 40 heavy (non-hydrogen) atoms. The van der Waals surface area contributed by atoms with Crippen LogP contribution in [-0.4, -0.2) is 23.8 Å². The number of halogens is 1. The summed E-state index contributed by atoms with van der Waals surface area (Å²) in [6, 6.07) is 33.6. The molecule has 4 aromatic rings. The van der Waals surface area contributed by atoms with Crippen molar-refractivity contribution >= 4 is 40.7 Å². The predicted molar refractivity (Wildman–Crippen MR) is 154 cm³/mol. The number of hydrogen-bond donors (Lipinski definition) is 1. The van der Waals surface area contributed by atoms with Crippen LogP contribution in [0.25, 0.3) is 0 Å². The van der Waals surface area contributed by atoms with Crippen molar-refractivity contribution in [1.82, 2.24) is 5.32 Å². The van der Waals surface area contributed by atoms with E-state index in [9.17, 15) is 14.4 Å². The SMILES string of the molecule is O=C1[C@@H]2[C@@H](C(=O)N1c1cccc(Cl)c1)[C@]1(N[C@@H]2Cc2ccccc2)C(=O)N(Cc2ccccc2)c2ccccc21. The number of hydrogen-bond acceptors (Lipinski definition) is 4. The lowest BCUT2D eigenvalue weighted by atomic mass is 9.76. The molecule has 0 unspecified atom stereocenters. The van der Waals surface area contributed by atoms with Gasteiger partial charge >= 0.3 is 0 Å². The number of nitrogens with zero attached hydrogens (tertiary/aromatic N) is 2. The molecule has 0 bridgehead atoms. The maximum absolute atomic E-state index is 14.6. The number of benzene rings is 4. The first-order valence-corrected chi connectivity index (χ1v) is 13.8. The van der Waals surface area contributed by atoms with Crippen LogP contribution >= 0.6 is 11.6 Å². The van der Waals surface area contributed by atoms with Gasteiger partial charge in [0.15, 0.2) is 0 Å².